The Hall–Kier alpha value is -1.02. The van der Waals surface area contributed by atoms with Crippen LogP contribution in [0.1, 0.15) is 32.3 Å². The van der Waals surface area contributed by atoms with Crippen LogP contribution in [0.5, 0.6) is 5.75 Å². The SMILES string of the molecule is CCC1(c2cccc(O)c2)CCN(C)CC1C. The lowest BCUT2D eigenvalue weighted by Crippen LogP contribution is -2.47. The number of benzene rings is 1. The fraction of sp³-hybridized carbons (Fsp3) is 0.600. The predicted octanol–water partition coefficient (Wildman–Crippen LogP) is 3.01. The zero-order valence-electron chi connectivity index (χ0n) is 11.1. The van der Waals surface area contributed by atoms with Crippen molar-refractivity contribution in [1.82, 2.24) is 4.90 Å². The Morgan fingerprint density at radius 3 is 2.82 bits per heavy atom. The largest absolute Gasteiger partial charge is 0.508 e. The van der Waals surface area contributed by atoms with E-state index in [1.807, 2.05) is 12.1 Å². The Morgan fingerprint density at radius 1 is 1.47 bits per heavy atom. The maximum atomic E-state index is 9.68. The summed E-state index contributed by atoms with van der Waals surface area (Å²) < 4.78 is 0. The van der Waals surface area contributed by atoms with E-state index in [0.717, 1.165) is 19.5 Å². The molecule has 1 saturated heterocycles. The molecule has 1 aromatic carbocycles. The molecule has 94 valence electrons. The Morgan fingerprint density at radius 2 is 2.24 bits per heavy atom. The van der Waals surface area contributed by atoms with Crippen LogP contribution in [0.3, 0.4) is 0 Å². The first-order valence-corrected chi connectivity index (χ1v) is 6.56. The molecular weight excluding hydrogens is 210 g/mol. The lowest BCUT2D eigenvalue weighted by Gasteiger charge is -2.46. The van der Waals surface area contributed by atoms with Crippen molar-refractivity contribution in [2.75, 3.05) is 20.1 Å². The van der Waals surface area contributed by atoms with Gasteiger partial charge in [-0.3, -0.25) is 0 Å². The van der Waals surface area contributed by atoms with Gasteiger partial charge in [-0.2, -0.15) is 0 Å². The Labute approximate surface area is 104 Å². The van der Waals surface area contributed by atoms with Gasteiger partial charge in [0.15, 0.2) is 0 Å². The molecule has 0 spiro atoms. The number of piperidine rings is 1. The normalized spacial score (nSPS) is 30.4. The maximum absolute atomic E-state index is 9.68. The van der Waals surface area contributed by atoms with Gasteiger partial charge in [0, 0.05) is 12.0 Å². The molecule has 1 aliphatic rings. The first-order valence-electron chi connectivity index (χ1n) is 6.56. The molecule has 1 heterocycles. The van der Waals surface area contributed by atoms with Crippen molar-refractivity contribution < 1.29 is 5.11 Å². The fourth-order valence-corrected chi connectivity index (χ4v) is 3.34. The van der Waals surface area contributed by atoms with Crippen molar-refractivity contribution >= 4 is 0 Å². The van der Waals surface area contributed by atoms with Crippen molar-refractivity contribution in [3.05, 3.63) is 29.8 Å². The molecule has 0 amide bonds. The fourth-order valence-electron chi connectivity index (χ4n) is 3.34. The van der Waals surface area contributed by atoms with Gasteiger partial charge in [-0.05, 0) is 50.0 Å². The van der Waals surface area contributed by atoms with E-state index in [2.05, 4.69) is 31.9 Å². The molecule has 0 aliphatic carbocycles. The summed E-state index contributed by atoms with van der Waals surface area (Å²) in [6.07, 6.45) is 2.33. The molecule has 0 radical (unpaired) electrons. The predicted molar refractivity (Wildman–Crippen MR) is 71.4 cm³/mol. The van der Waals surface area contributed by atoms with Gasteiger partial charge in [-0.15, -0.1) is 0 Å². The van der Waals surface area contributed by atoms with Crippen LogP contribution in [0.2, 0.25) is 0 Å². The summed E-state index contributed by atoms with van der Waals surface area (Å²) in [7, 11) is 2.19. The van der Waals surface area contributed by atoms with Gasteiger partial charge in [0.1, 0.15) is 5.75 Å². The third kappa shape index (κ3) is 2.19. The van der Waals surface area contributed by atoms with E-state index >= 15 is 0 Å². The Bertz CT molecular complexity index is 390. The summed E-state index contributed by atoms with van der Waals surface area (Å²) in [5, 5.41) is 9.68. The van der Waals surface area contributed by atoms with Crippen LogP contribution in [0.15, 0.2) is 24.3 Å². The van der Waals surface area contributed by atoms with E-state index < -0.39 is 0 Å². The lowest BCUT2D eigenvalue weighted by molar-refractivity contribution is 0.117. The quantitative estimate of drug-likeness (QED) is 0.848. The van der Waals surface area contributed by atoms with Gasteiger partial charge in [-0.1, -0.05) is 26.0 Å². The molecule has 1 fully saturated rings. The molecular formula is C15H23NO. The van der Waals surface area contributed by atoms with E-state index in [9.17, 15) is 5.11 Å². The molecule has 0 bridgehead atoms. The Balaban J connectivity index is 2.37. The lowest BCUT2D eigenvalue weighted by atomic mass is 9.65. The topological polar surface area (TPSA) is 23.5 Å². The van der Waals surface area contributed by atoms with Crippen LogP contribution >= 0.6 is 0 Å². The first kappa shape index (κ1) is 12.4. The van der Waals surface area contributed by atoms with Gasteiger partial charge >= 0.3 is 0 Å². The van der Waals surface area contributed by atoms with Crippen molar-refractivity contribution in [3.63, 3.8) is 0 Å². The van der Waals surface area contributed by atoms with Crippen molar-refractivity contribution in [2.45, 2.75) is 32.1 Å². The minimum Gasteiger partial charge on any atom is -0.508 e. The van der Waals surface area contributed by atoms with E-state index in [1.54, 1.807) is 6.07 Å². The van der Waals surface area contributed by atoms with Crippen molar-refractivity contribution in [3.8, 4) is 5.75 Å². The number of likely N-dealkylation sites (tertiary alicyclic amines) is 1. The highest BCUT2D eigenvalue weighted by Crippen LogP contribution is 2.42. The number of nitrogens with zero attached hydrogens (tertiary/aromatic N) is 1. The van der Waals surface area contributed by atoms with Crippen LogP contribution in [0.25, 0.3) is 0 Å². The third-order valence-electron chi connectivity index (χ3n) is 4.52. The molecule has 2 unspecified atom stereocenters. The highest BCUT2D eigenvalue weighted by atomic mass is 16.3. The first-order chi connectivity index (χ1) is 8.08. The zero-order valence-corrected chi connectivity index (χ0v) is 11.1. The number of rotatable bonds is 2. The second-order valence-corrected chi connectivity index (χ2v) is 5.47. The molecule has 1 N–H and O–H groups in total. The molecule has 2 atom stereocenters. The van der Waals surface area contributed by atoms with E-state index in [4.69, 9.17) is 0 Å². The molecule has 2 heteroatoms. The van der Waals surface area contributed by atoms with Gasteiger partial charge in [0.2, 0.25) is 0 Å². The summed E-state index contributed by atoms with van der Waals surface area (Å²) in [4.78, 5) is 2.40. The summed E-state index contributed by atoms with van der Waals surface area (Å²) >= 11 is 0. The van der Waals surface area contributed by atoms with Gasteiger partial charge in [-0.25, -0.2) is 0 Å². The smallest absolute Gasteiger partial charge is 0.115 e. The molecule has 17 heavy (non-hydrogen) atoms. The zero-order chi connectivity index (χ0) is 12.5. The van der Waals surface area contributed by atoms with Crippen LogP contribution < -0.4 is 0 Å². The number of phenolic OH excluding ortho intramolecular Hbond substituents is 1. The number of hydrogen-bond acceptors (Lipinski definition) is 2. The maximum Gasteiger partial charge on any atom is 0.115 e. The van der Waals surface area contributed by atoms with E-state index in [1.165, 1.54) is 12.0 Å². The van der Waals surface area contributed by atoms with Crippen LogP contribution in [0.4, 0.5) is 0 Å². The summed E-state index contributed by atoms with van der Waals surface area (Å²) in [6, 6.07) is 7.84. The number of phenols is 1. The summed E-state index contributed by atoms with van der Waals surface area (Å²) in [6.45, 7) is 6.90. The second kappa shape index (κ2) is 4.69. The average Bonchev–Trinajstić information content (AvgIpc) is 2.30. The molecule has 1 aromatic rings. The number of aromatic hydroxyl groups is 1. The highest BCUT2D eigenvalue weighted by Gasteiger charge is 2.39. The molecule has 1 aliphatic heterocycles. The van der Waals surface area contributed by atoms with Crippen LogP contribution in [-0.4, -0.2) is 30.1 Å². The van der Waals surface area contributed by atoms with Gasteiger partial charge in [0.05, 0.1) is 0 Å². The molecule has 2 rings (SSSR count). The van der Waals surface area contributed by atoms with Crippen molar-refractivity contribution in [2.24, 2.45) is 5.92 Å². The van der Waals surface area contributed by atoms with Crippen LogP contribution in [0, 0.1) is 5.92 Å². The van der Waals surface area contributed by atoms with Gasteiger partial charge in [0.25, 0.3) is 0 Å². The molecule has 2 nitrogen and oxygen atoms in total. The van der Waals surface area contributed by atoms with E-state index in [-0.39, 0.29) is 5.41 Å². The third-order valence-corrected chi connectivity index (χ3v) is 4.52. The minimum atomic E-state index is 0.241. The van der Waals surface area contributed by atoms with E-state index in [0.29, 0.717) is 11.7 Å². The minimum absolute atomic E-state index is 0.241. The molecule has 0 saturated carbocycles. The monoisotopic (exact) mass is 233 g/mol. The standard InChI is InChI=1S/C15H23NO/c1-4-15(8-9-16(3)11-12(15)2)13-6-5-7-14(17)10-13/h5-7,10,12,17H,4,8-9,11H2,1-3H3. The average molecular weight is 233 g/mol. The second-order valence-electron chi connectivity index (χ2n) is 5.47. The van der Waals surface area contributed by atoms with Crippen LogP contribution in [-0.2, 0) is 5.41 Å². The highest BCUT2D eigenvalue weighted by molar-refractivity contribution is 5.34. The molecule has 0 aromatic heterocycles. The summed E-state index contributed by atoms with van der Waals surface area (Å²) in [5.74, 6) is 1.02. The number of hydrogen-bond donors (Lipinski definition) is 1. The summed E-state index contributed by atoms with van der Waals surface area (Å²) in [5.41, 5.74) is 1.55. The Kier molecular flexibility index (Phi) is 3.43. The van der Waals surface area contributed by atoms with Crippen molar-refractivity contribution in [1.29, 1.82) is 0 Å². The van der Waals surface area contributed by atoms with Gasteiger partial charge < -0.3 is 10.0 Å².